The summed E-state index contributed by atoms with van der Waals surface area (Å²) in [7, 11) is 0. The molecule has 0 atom stereocenters. The van der Waals surface area contributed by atoms with Crippen LogP contribution in [-0.2, 0) is 6.54 Å². The lowest BCUT2D eigenvalue weighted by Crippen LogP contribution is -2.51. The van der Waals surface area contributed by atoms with E-state index in [0.29, 0.717) is 5.92 Å². The first-order valence-corrected chi connectivity index (χ1v) is 6.43. The average molecular weight is 248 g/mol. The Hall–Kier alpha value is -1.69. The number of nitrogens with zero attached hydrogens (tertiary/aromatic N) is 4. The van der Waals surface area contributed by atoms with Gasteiger partial charge in [-0.15, -0.1) is 5.10 Å². The topological polar surface area (TPSA) is 51.0 Å². The van der Waals surface area contributed by atoms with Crippen molar-refractivity contribution in [1.82, 2.24) is 19.9 Å². The van der Waals surface area contributed by atoms with E-state index in [2.05, 4.69) is 10.3 Å². The molecule has 0 N–H and O–H groups in total. The van der Waals surface area contributed by atoms with Gasteiger partial charge in [0.2, 0.25) is 0 Å². The standard InChI is InChI=1S/C11H12N4OS/c16-11(10-1-4-17-8-10)14-5-9(6-14)7-15-3-2-12-13-15/h1-4,8-9H,5-7H2. The van der Waals surface area contributed by atoms with Crippen LogP contribution in [0.15, 0.2) is 29.2 Å². The summed E-state index contributed by atoms with van der Waals surface area (Å²) in [5.41, 5.74) is 0.800. The second-order valence-corrected chi connectivity index (χ2v) is 4.99. The van der Waals surface area contributed by atoms with Crippen molar-refractivity contribution in [2.24, 2.45) is 5.92 Å². The van der Waals surface area contributed by atoms with Gasteiger partial charge in [-0.3, -0.25) is 9.48 Å². The molecule has 2 aromatic heterocycles. The first-order chi connectivity index (χ1) is 8.33. The number of likely N-dealkylation sites (tertiary alicyclic amines) is 1. The number of carbonyl (C=O) groups excluding carboxylic acids is 1. The van der Waals surface area contributed by atoms with E-state index >= 15 is 0 Å². The summed E-state index contributed by atoms with van der Waals surface area (Å²) in [6.45, 7) is 2.47. The van der Waals surface area contributed by atoms with Crippen molar-refractivity contribution in [1.29, 1.82) is 0 Å². The van der Waals surface area contributed by atoms with Gasteiger partial charge in [-0.2, -0.15) is 11.3 Å². The van der Waals surface area contributed by atoms with E-state index in [1.54, 1.807) is 17.5 Å². The molecule has 3 rings (SSSR count). The summed E-state index contributed by atoms with van der Waals surface area (Å²) >= 11 is 1.55. The third-order valence-electron chi connectivity index (χ3n) is 2.93. The Morgan fingerprint density at radius 3 is 3.06 bits per heavy atom. The smallest absolute Gasteiger partial charge is 0.254 e. The molecular formula is C11H12N4OS. The highest BCUT2D eigenvalue weighted by Gasteiger charge is 2.31. The zero-order chi connectivity index (χ0) is 11.7. The lowest BCUT2D eigenvalue weighted by atomic mass is 9.99. The second kappa shape index (κ2) is 4.29. The molecule has 6 heteroatoms. The van der Waals surface area contributed by atoms with Gasteiger partial charge in [0, 0.05) is 37.1 Å². The second-order valence-electron chi connectivity index (χ2n) is 4.21. The van der Waals surface area contributed by atoms with Crippen LogP contribution in [0.4, 0.5) is 0 Å². The minimum atomic E-state index is 0.140. The van der Waals surface area contributed by atoms with Crippen molar-refractivity contribution in [2.45, 2.75) is 6.54 Å². The molecule has 5 nitrogen and oxygen atoms in total. The Balaban J connectivity index is 1.53. The van der Waals surface area contributed by atoms with Gasteiger partial charge in [-0.1, -0.05) is 5.21 Å². The Bertz CT molecular complexity index is 488. The molecule has 0 saturated carbocycles. The molecule has 1 fully saturated rings. The summed E-state index contributed by atoms with van der Waals surface area (Å²) in [6.07, 6.45) is 3.52. The van der Waals surface area contributed by atoms with Crippen molar-refractivity contribution < 1.29 is 4.79 Å². The summed E-state index contributed by atoms with van der Waals surface area (Å²) < 4.78 is 1.82. The first kappa shape index (κ1) is 10.5. The van der Waals surface area contributed by atoms with Gasteiger partial charge < -0.3 is 4.90 Å². The van der Waals surface area contributed by atoms with Gasteiger partial charge in [0.15, 0.2) is 0 Å². The Kier molecular flexibility index (Phi) is 2.64. The van der Waals surface area contributed by atoms with Gasteiger partial charge in [-0.05, 0) is 11.4 Å². The van der Waals surface area contributed by atoms with E-state index in [1.165, 1.54) is 0 Å². The van der Waals surface area contributed by atoms with E-state index in [9.17, 15) is 4.79 Å². The summed E-state index contributed by atoms with van der Waals surface area (Å²) in [5.74, 6) is 0.639. The molecule has 1 aliphatic rings. The highest BCUT2D eigenvalue weighted by Crippen LogP contribution is 2.20. The average Bonchev–Trinajstić information content (AvgIpc) is 2.94. The minimum Gasteiger partial charge on any atom is -0.338 e. The number of amides is 1. The quantitative estimate of drug-likeness (QED) is 0.817. The van der Waals surface area contributed by atoms with E-state index in [1.807, 2.05) is 32.6 Å². The molecule has 1 amide bonds. The SMILES string of the molecule is O=C(c1ccsc1)N1CC(Cn2ccnn2)C1. The number of aromatic nitrogens is 3. The lowest BCUT2D eigenvalue weighted by Gasteiger charge is -2.39. The summed E-state index contributed by atoms with van der Waals surface area (Å²) in [6, 6.07) is 1.87. The maximum absolute atomic E-state index is 11.9. The third-order valence-corrected chi connectivity index (χ3v) is 3.61. The number of hydrogen-bond donors (Lipinski definition) is 0. The van der Waals surface area contributed by atoms with Gasteiger partial charge in [0.1, 0.15) is 0 Å². The molecule has 17 heavy (non-hydrogen) atoms. The molecule has 3 heterocycles. The molecule has 88 valence electrons. The molecular weight excluding hydrogens is 236 g/mol. The van der Waals surface area contributed by atoms with Crippen molar-refractivity contribution in [3.8, 4) is 0 Å². The van der Waals surface area contributed by atoms with Crippen molar-refractivity contribution >= 4 is 17.2 Å². The molecule has 0 aliphatic carbocycles. The molecule has 2 aromatic rings. The van der Waals surface area contributed by atoms with Crippen molar-refractivity contribution in [3.63, 3.8) is 0 Å². The van der Waals surface area contributed by atoms with Crippen LogP contribution in [0.1, 0.15) is 10.4 Å². The first-order valence-electron chi connectivity index (χ1n) is 5.48. The van der Waals surface area contributed by atoms with E-state index < -0.39 is 0 Å². The number of rotatable bonds is 3. The summed E-state index contributed by atoms with van der Waals surface area (Å²) in [4.78, 5) is 13.8. The molecule has 1 saturated heterocycles. The van der Waals surface area contributed by atoms with Crippen LogP contribution in [0, 0.1) is 5.92 Å². The molecule has 0 radical (unpaired) electrons. The van der Waals surface area contributed by atoms with Gasteiger partial charge in [-0.25, -0.2) is 0 Å². The van der Waals surface area contributed by atoms with E-state index in [0.717, 1.165) is 25.2 Å². The predicted octanol–water partition coefficient (Wildman–Crippen LogP) is 1.11. The normalized spacial score (nSPS) is 15.9. The zero-order valence-corrected chi connectivity index (χ0v) is 10.0. The molecule has 0 bridgehead atoms. The fourth-order valence-corrected chi connectivity index (χ4v) is 2.64. The fraction of sp³-hybridized carbons (Fsp3) is 0.364. The fourth-order valence-electron chi connectivity index (χ4n) is 2.01. The molecule has 1 aliphatic heterocycles. The van der Waals surface area contributed by atoms with Crippen LogP contribution in [0.3, 0.4) is 0 Å². The van der Waals surface area contributed by atoms with Crippen LogP contribution in [0.2, 0.25) is 0 Å². The maximum Gasteiger partial charge on any atom is 0.254 e. The van der Waals surface area contributed by atoms with Gasteiger partial charge in [0.05, 0.1) is 11.8 Å². The molecule has 0 aromatic carbocycles. The molecule has 0 spiro atoms. The largest absolute Gasteiger partial charge is 0.338 e. The zero-order valence-electron chi connectivity index (χ0n) is 9.19. The van der Waals surface area contributed by atoms with E-state index in [4.69, 9.17) is 0 Å². The predicted molar refractivity (Wildman–Crippen MR) is 63.7 cm³/mol. The van der Waals surface area contributed by atoms with Gasteiger partial charge >= 0.3 is 0 Å². The van der Waals surface area contributed by atoms with Crippen LogP contribution in [-0.4, -0.2) is 38.9 Å². The third kappa shape index (κ3) is 2.08. The molecule has 0 unspecified atom stereocenters. The Labute approximate surface area is 103 Å². The highest BCUT2D eigenvalue weighted by atomic mass is 32.1. The Morgan fingerprint density at radius 1 is 1.53 bits per heavy atom. The Morgan fingerprint density at radius 2 is 2.41 bits per heavy atom. The lowest BCUT2D eigenvalue weighted by molar-refractivity contribution is 0.0461. The highest BCUT2D eigenvalue weighted by molar-refractivity contribution is 7.08. The van der Waals surface area contributed by atoms with Crippen LogP contribution < -0.4 is 0 Å². The van der Waals surface area contributed by atoms with E-state index in [-0.39, 0.29) is 5.91 Å². The van der Waals surface area contributed by atoms with Crippen LogP contribution in [0.25, 0.3) is 0 Å². The van der Waals surface area contributed by atoms with Crippen molar-refractivity contribution in [2.75, 3.05) is 13.1 Å². The monoisotopic (exact) mass is 248 g/mol. The summed E-state index contributed by atoms with van der Waals surface area (Å²) in [5, 5.41) is 11.5. The number of carbonyl (C=O) groups is 1. The number of hydrogen-bond acceptors (Lipinski definition) is 4. The van der Waals surface area contributed by atoms with Crippen LogP contribution in [0.5, 0.6) is 0 Å². The minimum absolute atomic E-state index is 0.140. The maximum atomic E-state index is 11.9. The van der Waals surface area contributed by atoms with Gasteiger partial charge in [0.25, 0.3) is 5.91 Å². The van der Waals surface area contributed by atoms with Crippen molar-refractivity contribution in [3.05, 3.63) is 34.8 Å². The van der Waals surface area contributed by atoms with Crippen LogP contribution >= 0.6 is 11.3 Å². The number of thiophene rings is 1.